The Morgan fingerprint density at radius 1 is 0.969 bits per heavy atom. The molecule has 1 fully saturated rings. The summed E-state index contributed by atoms with van der Waals surface area (Å²) >= 11 is 1.56. The van der Waals surface area contributed by atoms with Crippen LogP contribution in [0, 0.1) is 11.6 Å². The molecule has 32 heavy (non-hydrogen) atoms. The van der Waals surface area contributed by atoms with E-state index in [2.05, 4.69) is 0 Å². The molecule has 166 valence electrons. The predicted octanol–water partition coefficient (Wildman–Crippen LogP) is 4.81. The van der Waals surface area contributed by atoms with Gasteiger partial charge in [-0.15, -0.1) is 11.8 Å². The molecule has 0 bridgehead atoms. The molecule has 3 aromatic carbocycles. The van der Waals surface area contributed by atoms with Crippen molar-refractivity contribution in [2.75, 3.05) is 37.3 Å². The summed E-state index contributed by atoms with van der Waals surface area (Å²) in [5, 5.41) is 9.18. The van der Waals surface area contributed by atoms with Crippen LogP contribution in [0.25, 0.3) is 11.1 Å². The van der Waals surface area contributed by atoms with Crippen LogP contribution in [-0.4, -0.2) is 48.3 Å². The van der Waals surface area contributed by atoms with Crippen molar-refractivity contribution >= 4 is 23.4 Å². The Morgan fingerprint density at radius 3 is 2.31 bits per heavy atom. The Balaban J connectivity index is 1.55. The van der Waals surface area contributed by atoms with Crippen LogP contribution in [0.2, 0.25) is 0 Å². The highest BCUT2D eigenvalue weighted by molar-refractivity contribution is 7.98. The fourth-order valence-electron chi connectivity index (χ4n) is 3.93. The number of aliphatic hydroxyl groups excluding tert-OH is 1. The lowest BCUT2D eigenvalue weighted by Crippen LogP contribution is -2.49. The normalized spacial score (nSPS) is 14.0. The molecule has 0 radical (unpaired) electrons. The summed E-state index contributed by atoms with van der Waals surface area (Å²) in [6.07, 6.45) is 1.95. The molecule has 1 amide bonds. The Morgan fingerprint density at radius 2 is 1.69 bits per heavy atom. The highest BCUT2D eigenvalue weighted by Gasteiger charge is 2.26. The van der Waals surface area contributed by atoms with Gasteiger partial charge in [-0.1, -0.05) is 24.3 Å². The number of piperazine rings is 1. The van der Waals surface area contributed by atoms with Crippen molar-refractivity contribution in [3.8, 4) is 11.1 Å². The van der Waals surface area contributed by atoms with Crippen LogP contribution in [0.5, 0.6) is 0 Å². The average molecular weight is 455 g/mol. The minimum absolute atomic E-state index is 0.0871. The van der Waals surface area contributed by atoms with Gasteiger partial charge >= 0.3 is 0 Å². The molecule has 4 rings (SSSR count). The van der Waals surface area contributed by atoms with Crippen LogP contribution in [0.4, 0.5) is 14.5 Å². The third-order valence-corrected chi connectivity index (χ3v) is 6.44. The number of amides is 1. The number of hydrogen-bond donors (Lipinski definition) is 1. The molecule has 0 aromatic heterocycles. The lowest BCUT2D eigenvalue weighted by Gasteiger charge is -2.36. The van der Waals surface area contributed by atoms with Crippen molar-refractivity contribution in [2.45, 2.75) is 11.5 Å². The molecule has 0 atom stereocenters. The van der Waals surface area contributed by atoms with Gasteiger partial charge in [-0.25, -0.2) is 8.78 Å². The first-order chi connectivity index (χ1) is 15.5. The monoisotopic (exact) mass is 454 g/mol. The number of carbonyl (C=O) groups excluding carboxylic acids is 1. The number of halogens is 2. The number of rotatable bonds is 5. The zero-order valence-electron chi connectivity index (χ0n) is 17.7. The van der Waals surface area contributed by atoms with Crippen molar-refractivity contribution in [1.82, 2.24) is 4.90 Å². The first-order valence-corrected chi connectivity index (χ1v) is 11.6. The lowest BCUT2D eigenvalue weighted by atomic mass is 9.98. The second kappa shape index (κ2) is 9.71. The SMILES string of the molecule is CSc1ccc(-c2ccc(F)cc2)c(C(=O)N2CCN(c3ccc(CO)cc3F)CC2)c1. The number of carbonyl (C=O) groups is 1. The Hall–Kier alpha value is -2.90. The van der Waals surface area contributed by atoms with E-state index in [1.807, 2.05) is 29.4 Å². The third-order valence-electron chi connectivity index (χ3n) is 5.71. The molecule has 1 aliphatic heterocycles. The molecule has 1 heterocycles. The fraction of sp³-hybridized carbons (Fsp3) is 0.240. The molecular formula is C25H24F2N2O2S. The summed E-state index contributed by atoms with van der Waals surface area (Å²) in [6, 6.07) is 16.6. The maximum Gasteiger partial charge on any atom is 0.254 e. The second-order valence-electron chi connectivity index (χ2n) is 7.64. The van der Waals surface area contributed by atoms with Crippen molar-refractivity contribution in [1.29, 1.82) is 0 Å². The van der Waals surface area contributed by atoms with Gasteiger partial charge in [0.2, 0.25) is 0 Å². The number of anilines is 1. The molecular weight excluding hydrogens is 430 g/mol. The first kappa shape index (κ1) is 22.3. The molecule has 0 spiro atoms. The van der Waals surface area contributed by atoms with Crippen molar-refractivity contribution in [3.05, 3.63) is 83.4 Å². The largest absolute Gasteiger partial charge is 0.392 e. The number of hydrogen-bond acceptors (Lipinski definition) is 4. The van der Waals surface area contributed by atoms with E-state index in [0.29, 0.717) is 43.0 Å². The quantitative estimate of drug-likeness (QED) is 0.562. The Bertz CT molecular complexity index is 1110. The van der Waals surface area contributed by atoms with Crippen LogP contribution in [-0.2, 0) is 6.61 Å². The molecule has 1 saturated heterocycles. The molecule has 0 unspecified atom stereocenters. The zero-order chi connectivity index (χ0) is 22.7. The van der Waals surface area contributed by atoms with Gasteiger partial charge in [0, 0.05) is 36.6 Å². The minimum Gasteiger partial charge on any atom is -0.392 e. The van der Waals surface area contributed by atoms with Gasteiger partial charge in [-0.3, -0.25) is 4.79 Å². The number of benzene rings is 3. The Labute approximate surface area is 190 Å². The highest BCUT2D eigenvalue weighted by Crippen LogP contribution is 2.30. The van der Waals surface area contributed by atoms with Crippen LogP contribution in [0.3, 0.4) is 0 Å². The van der Waals surface area contributed by atoms with E-state index in [4.69, 9.17) is 0 Å². The number of aliphatic hydroxyl groups is 1. The number of thioether (sulfide) groups is 1. The number of nitrogens with zero attached hydrogens (tertiary/aromatic N) is 2. The van der Waals surface area contributed by atoms with E-state index < -0.39 is 0 Å². The predicted molar refractivity (Wildman–Crippen MR) is 124 cm³/mol. The van der Waals surface area contributed by atoms with Gasteiger partial charge in [0.15, 0.2) is 0 Å². The summed E-state index contributed by atoms with van der Waals surface area (Å²) in [7, 11) is 0. The highest BCUT2D eigenvalue weighted by atomic mass is 32.2. The second-order valence-corrected chi connectivity index (χ2v) is 8.52. The first-order valence-electron chi connectivity index (χ1n) is 10.4. The van der Waals surface area contributed by atoms with Gasteiger partial charge in [0.1, 0.15) is 11.6 Å². The van der Waals surface area contributed by atoms with Crippen LogP contribution < -0.4 is 4.90 Å². The molecule has 1 aliphatic rings. The van der Waals surface area contributed by atoms with Crippen molar-refractivity contribution < 1.29 is 18.7 Å². The van der Waals surface area contributed by atoms with Crippen LogP contribution in [0.1, 0.15) is 15.9 Å². The smallest absolute Gasteiger partial charge is 0.254 e. The van der Waals surface area contributed by atoms with Gasteiger partial charge in [-0.2, -0.15) is 0 Å². The average Bonchev–Trinajstić information content (AvgIpc) is 2.84. The van der Waals surface area contributed by atoms with Crippen LogP contribution >= 0.6 is 11.8 Å². The molecule has 1 N–H and O–H groups in total. The summed E-state index contributed by atoms with van der Waals surface area (Å²) in [4.78, 5) is 18.1. The maximum atomic E-state index is 14.4. The van der Waals surface area contributed by atoms with E-state index in [1.165, 1.54) is 18.2 Å². The summed E-state index contributed by atoms with van der Waals surface area (Å²) in [6.45, 7) is 1.74. The molecule has 3 aromatic rings. The third kappa shape index (κ3) is 4.64. The van der Waals surface area contributed by atoms with Crippen molar-refractivity contribution in [3.63, 3.8) is 0 Å². The zero-order valence-corrected chi connectivity index (χ0v) is 18.5. The summed E-state index contributed by atoms with van der Waals surface area (Å²) in [5.41, 5.74) is 3.14. The standard InChI is InChI=1S/C25H24F2N2O2S/c1-32-20-7-8-21(18-3-5-19(26)6-4-18)22(15-20)25(31)29-12-10-28(11-13-29)24-9-2-17(16-30)14-23(24)27/h2-9,14-15,30H,10-13,16H2,1H3. The topological polar surface area (TPSA) is 43.8 Å². The van der Waals surface area contributed by atoms with Gasteiger partial charge < -0.3 is 14.9 Å². The van der Waals surface area contributed by atoms with E-state index in [0.717, 1.165) is 16.0 Å². The molecule has 0 saturated carbocycles. The summed E-state index contributed by atoms with van der Waals surface area (Å²) < 4.78 is 27.8. The van der Waals surface area contributed by atoms with Crippen LogP contribution in [0.15, 0.2) is 65.6 Å². The molecule has 4 nitrogen and oxygen atoms in total. The van der Waals surface area contributed by atoms with Crippen molar-refractivity contribution in [2.24, 2.45) is 0 Å². The fourth-order valence-corrected chi connectivity index (χ4v) is 4.37. The van der Waals surface area contributed by atoms with E-state index in [-0.39, 0.29) is 24.1 Å². The molecule has 0 aliphatic carbocycles. The van der Waals surface area contributed by atoms with E-state index >= 15 is 0 Å². The minimum atomic E-state index is -0.373. The van der Waals surface area contributed by atoms with E-state index in [9.17, 15) is 18.7 Å². The maximum absolute atomic E-state index is 14.4. The van der Waals surface area contributed by atoms with E-state index in [1.54, 1.807) is 40.9 Å². The summed E-state index contributed by atoms with van der Waals surface area (Å²) in [5.74, 6) is -0.781. The Kier molecular flexibility index (Phi) is 6.77. The van der Waals surface area contributed by atoms with Gasteiger partial charge in [0.25, 0.3) is 5.91 Å². The van der Waals surface area contributed by atoms with Gasteiger partial charge in [-0.05, 0) is 59.3 Å². The van der Waals surface area contributed by atoms with Gasteiger partial charge in [0.05, 0.1) is 12.3 Å². The molecule has 7 heteroatoms. The lowest BCUT2D eigenvalue weighted by molar-refractivity contribution is 0.0747.